The summed E-state index contributed by atoms with van der Waals surface area (Å²) < 4.78 is 24.4. The van der Waals surface area contributed by atoms with E-state index in [1.54, 1.807) is 0 Å². The van der Waals surface area contributed by atoms with Gasteiger partial charge in [0.15, 0.2) is 5.82 Å². The first-order valence-corrected chi connectivity index (χ1v) is 4.95. The molecule has 7 nitrogen and oxygen atoms in total. The number of aromatic carboxylic acids is 1. The molecule has 0 atom stereocenters. The van der Waals surface area contributed by atoms with Crippen LogP contribution in [0.3, 0.4) is 0 Å². The third-order valence-corrected chi connectivity index (χ3v) is 3.21. The highest BCUT2D eigenvalue weighted by atomic mass is 32.2. The minimum Gasteiger partial charge on any atom is -0.542 e. The molecule has 0 fully saturated rings. The van der Waals surface area contributed by atoms with Crippen molar-refractivity contribution in [1.82, 2.24) is 13.3 Å². The normalized spacial score (nSPS) is 11.9. The number of carboxylic acids is 1. The third kappa shape index (κ3) is 1.61. The number of carbonyl (C=O) groups is 1. The molecule has 8 heteroatoms. The lowest BCUT2D eigenvalue weighted by Gasteiger charge is -2.14. The fraction of sp³-hybridized carbons (Fsp3) is 0.333. The predicted octanol–water partition coefficient (Wildman–Crippen LogP) is -2.10. The fourth-order valence-corrected chi connectivity index (χ4v) is 1.70. The van der Waals surface area contributed by atoms with Crippen LogP contribution in [0.25, 0.3) is 0 Å². The highest BCUT2D eigenvalue weighted by Gasteiger charge is 2.19. The largest absolute Gasteiger partial charge is 0.542 e. The van der Waals surface area contributed by atoms with Crippen LogP contribution in [0.4, 0.5) is 0 Å². The Morgan fingerprint density at radius 3 is 2.57 bits per heavy atom. The van der Waals surface area contributed by atoms with Crippen LogP contribution < -0.4 is 5.11 Å². The number of hydrogen-bond donors (Lipinski definition) is 0. The van der Waals surface area contributed by atoms with Crippen molar-refractivity contribution in [2.45, 2.75) is 0 Å². The number of carboxylic acid groups (broad SMARTS) is 1. The molecule has 1 heterocycles. The average molecular weight is 218 g/mol. The molecule has 0 aliphatic heterocycles. The molecule has 0 N–H and O–H groups in total. The van der Waals surface area contributed by atoms with E-state index < -0.39 is 22.0 Å². The number of rotatable bonds is 3. The summed E-state index contributed by atoms with van der Waals surface area (Å²) in [5.41, 5.74) is 0. The molecule has 1 rings (SSSR count). The molecule has 1 aromatic heterocycles. The summed E-state index contributed by atoms with van der Waals surface area (Å²) in [6, 6.07) is 0. The number of carbonyl (C=O) groups excluding carboxylic acids is 1. The summed E-state index contributed by atoms with van der Waals surface area (Å²) in [7, 11) is -1.27. The molecule has 0 aliphatic rings. The lowest BCUT2D eigenvalue weighted by atomic mass is 10.6. The maximum Gasteiger partial charge on any atom is 0.308 e. The van der Waals surface area contributed by atoms with Gasteiger partial charge in [-0.3, -0.25) is 0 Å². The molecule has 0 bridgehead atoms. The minimum atomic E-state index is -3.84. The summed E-state index contributed by atoms with van der Waals surface area (Å²) in [4.78, 5) is 13.8. The quantitative estimate of drug-likeness (QED) is 0.579. The van der Waals surface area contributed by atoms with Gasteiger partial charge in [0.05, 0.1) is 0 Å². The Labute approximate surface area is 80.8 Å². The highest BCUT2D eigenvalue weighted by molar-refractivity contribution is 7.87. The number of nitrogens with zero attached hydrogens (tertiary/aromatic N) is 3. The Balaban J connectivity index is 3.34. The van der Waals surface area contributed by atoms with Crippen LogP contribution >= 0.6 is 0 Å². The first-order valence-electron chi connectivity index (χ1n) is 3.55. The summed E-state index contributed by atoms with van der Waals surface area (Å²) in [6.45, 7) is 0. The maximum absolute atomic E-state index is 11.5. The first kappa shape index (κ1) is 10.7. The van der Waals surface area contributed by atoms with Crippen molar-refractivity contribution < 1.29 is 18.3 Å². The van der Waals surface area contributed by atoms with Gasteiger partial charge in [0.25, 0.3) is 0 Å². The molecular weight excluding hydrogens is 210 g/mol. The molecule has 0 amide bonds. The number of aromatic nitrogens is 2. The van der Waals surface area contributed by atoms with Crippen LogP contribution in [-0.2, 0) is 10.2 Å². The summed E-state index contributed by atoms with van der Waals surface area (Å²) in [6.07, 6.45) is 2.12. The summed E-state index contributed by atoms with van der Waals surface area (Å²) in [5, 5.41) is 10.5. The van der Waals surface area contributed by atoms with E-state index in [1.807, 2.05) is 0 Å². The van der Waals surface area contributed by atoms with Gasteiger partial charge in [-0.05, 0) is 0 Å². The first-order chi connectivity index (χ1) is 6.37. The van der Waals surface area contributed by atoms with E-state index in [0.717, 1.165) is 16.7 Å². The molecule has 14 heavy (non-hydrogen) atoms. The third-order valence-electron chi connectivity index (χ3n) is 1.50. The van der Waals surface area contributed by atoms with Gasteiger partial charge < -0.3 is 9.90 Å². The Hall–Kier alpha value is -1.41. The van der Waals surface area contributed by atoms with Gasteiger partial charge in [-0.2, -0.15) is 12.7 Å². The van der Waals surface area contributed by atoms with Gasteiger partial charge in [0.1, 0.15) is 5.97 Å². The molecule has 0 saturated heterocycles. The topological polar surface area (TPSA) is 95.3 Å². The molecular formula is C6H8N3O4S-. The van der Waals surface area contributed by atoms with Gasteiger partial charge >= 0.3 is 10.2 Å². The zero-order valence-corrected chi connectivity index (χ0v) is 8.35. The van der Waals surface area contributed by atoms with Crippen molar-refractivity contribution in [3.8, 4) is 0 Å². The zero-order chi connectivity index (χ0) is 10.9. The standard InChI is InChI=1S/C6H9N3O4S/c1-8(2)14(12,13)9-4-3-7-5(9)6(10)11/h3-4H,1-2H3,(H,10,11)/p-1. The Morgan fingerprint density at radius 2 is 2.14 bits per heavy atom. The van der Waals surface area contributed by atoms with Crippen molar-refractivity contribution >= 4 is 16.2 Å². The highest BCUT2D eigenvalue weighted by Crippen LogP contribution is 2.04. The van der Waals surface area contributed by atoms with Gasteiger partial charge in [0.2, 0.25) is 0 Å². The van der Waals surface area contributed by atoms with Gasteiger partial charge in [0, 0.05) is 26.5 Å². The van der Waals surface area contributed by atoms with Crippen molar-refractivity contribution in [3.05, 3.63) is 18.2 Å². The van der Waals surface area contributed by atoms with Crippen molar-refractivity contribution in [1.29, 1.82) is 0 Å². The van der Waals surface area contributed by atoms with E-state index in [4.69, 9.17) is 0 Å². The van der Waals surface area contributed by atoms with Crippen LogP contribution in [-0.4, -0.2) is 41.7 Å². The Kier molecular flexibility index (Phi) is 2.58. The van der Waals surface area contributed by atoms with Crippen LogP contribution in [0, 0.1) is 0 Å². The van der Waals surface area contributed by atoms with E-state index in [-0.39, 0.29) is 0 Å². The van der Waals surface area contributed by atoms with E-state index >= 15 is 0 Å². The lowest BCUT2D eigenvalue weighted by molar-refractivity contribution is -0.256. The molecule has 78 valence electrons. The van der Waals surface area contributed by atoms with E-state index in [0.29, 0.717) is 3.97 Å². The average Bonchev–Trinajstić information content (AvgIpc) is 2.51. The zero-order valence-electron chi connectivity index (χ0n) is 7.54. The van der Waals surface area contributed by atoms with Gasteiger partial charge in [-0.25, -0.2) is 8.96 Å². The lowest BCUT2D eigenvalue weighted by Crippen LogP contribution is -2.34. The summed E-state index contributed by atoms with van der Waals surface area (Å²) in [5.74, 6) is -2.28. The molecule has 0 unspecified atom stereocenters. The van der Waals surface area contributed by atoms with Gasteiger partial charge in [-0.1, -0.05) is 0 Å². The molecule has 0 saturated carbocycles. The second-order valence-corrected chi connectivity index (χ2v) is 4.64. The SMILES string of the molecule is CN(C)S(=O)(=O)n1ccnc1C(=O)[O-]. The van der Waals surface area contributed by atoms with Crippen molar-refractivity contribution in [2.75, 3.05) is 14.1 Å². The van der Waals surface area contributed by atoms with Crippen LogP contribution in [0.1, 0.15) is 10.6 Å². The fourth-order valence-electron chi connectivity index (χ4n) is 0.797. The molecule has 0 aliphatic carbocycles. The second kappa shape index (κ2) is 3.39. The van der Waals surface area contributed by atoms with E-state index in [9.17, 15) is 18.3 Å². The number of hydrogen-bond acceptors (Lipinski definition) is 5. The summed E-state index contributed by atoms with van der Waals surface area (Å²) >= 11 is 0. The van der Waals surface area contributed by atoms with Crippen LogP contribution in [0.5, 0.6) is 0 Å². The monoisotopic (exact) mass is 218 g/mol. The van der Waals surface area contributed by atoms with Crippen molar-refractivity contribution in [3.63, 3.8) is 0 Å². The minimum absolute atomic E-state index is 0.544. The number of imidazole rings is 1. The molecule has 1 aromatic rings. The van der Waals surface area contributed by atoms with Gasteiger partial charge in [-0.15, -0.1) is 0 Å². The van der Waals surface area contributed by atoms with E-state index in [2.05, 4.69) is 4.98 Å². The van der Waals surface area contributed by atoms with Crippen LogP contribution in [0.2, 0.25) is 0 Å². The smallest absolute Gasteiger partial charge is 0.308 e. The molecule has 0 spiro atoms. The van der Waals surface area contributed by atoms with Crippen LogP contribution in [0.15, 0.2) is 12.4 Å². The molecule has 0 aromatic carbocycles. The maximum atomic E-state index is 11.5. The van der Waals surface area contributed by atoms with E-state index in [1.165, 1.54) is 14.1 Å². The molecule has 0 radical (unpaired) electrons. The Morgan fingerprint density at radius 1 is 1.57 bits per heavy atom. The second-order valence-electron chi connectivity index (χ2n) is 2.62. The predicted molar refractivity (Wildman–Crippen MR) is 44.6 cm³/mol. The van der Waals surface area contributed by atoms with Crippen molar-refractivity contribution in [2.24, 2.45) is 0 Å². The Bertz CT molecular complexity index is 447.